The third kappa shape index (κ3) is 3.66. The molecule has 1 unspecified atom stereocenters. The summed E-state index contributed by atoms with van der Waals surface area (Å²) in [5.41, 5.74) is 1.26. The van der Waals surface area contributed by atoms with Crippen molar-refractivity contribution in [3.8, 4) is 0 Å². The lowest BCUT2D eigenvalue weighted by molar-refractivity contribution is -0.131. The standard InChI is InChI=1S/C13H20N2O/c1-11(14-2)13(16)15(3)10-9-12-7-5-4-6-8-12/h4-8,11,14H,9-10H2,1-3H3. The highest BCUT2D eigenvalue weighted by Crippen LogP contribution is 2.01. The quantitative estimate of drug-likeness (QED) is 0.811. The molecule has 16 heavy (non-hydrogen) atoms. The molecule has 88 valence electrons. The number of likely N-dealkylation sites (N-methyl/N-ethyl adjacent to an activating group) is 2. The summed E-state index contributed by atoms with van der Waals surface area (Å²) in [6, 6.07) is 10.1. The fraction of sp³-hybridized carbons (Fsp3) is 0.462. The molecule has 0 spiro atoms. The van der Waals surface area contributed by atoms with Crippen LogP contribution < -0.4 is 5.32 Å². The Morgan fingerprint density at radius 1 is 1.38 bits per heavy atom. The van der Waals surface area contributed by atoms with Gasteiger partial charge in [0.25, 0.3) is 0 Å². The second-order valence-corrected chi connectivity index (χ2v) is 4.01. The van der Waals surface area contributed by atoms with Crippen LogP contribution >= 0.6 is 0 Å². The Kier molecular flexibility index (Phi) is 4.99. The molecule has 1 N–H and O–H groups in total. The summed E-state index contributed by atoms with van der Waals surface area (Å²) in [6.45, 7) is 2.64. The van der Waals surface area contributed by atoms with Crippen molar-refractivity contribution in [1.29, 1.82) is 0 Å². The van der Waals surface area contributed by atoms with Crippen molar-refractivity contribution in [2.75, 3.05) is 20.6 Å². The summed E-state index contributed by atoms with van der Waals surface area (Å²) in [5.74, 6) is 0.137. The molecule has 0 aromatic heterocycles. The predicted octanol–water partition coefficient (Wildman–Crippen LogP) is 1.30. The summed E-state index contributed by atoms with van der Waals surface area (Å²) in [5, 5.41) is 2.95. The third-order valence-electron chi connectivity index (χ3n) is 2.76. The molecule has 1 atom stereocenters. The normalized spacial score (nSPS) is 12.2. The van der Waals surface area contributed by atoms with Crippen LogP contribution in [0.25, 0.3) is 0 Å². The van der Waals surface area contributed by atoms with E-state index in [9.17, 15) is 4.79 Å². The number of carbonyl (C=O) groups is 1. The zero-order valence-electron chi connectivity index (χ0n) is 10.2. The molecular formula is C13H20N2O. The molecule has 0 saturated heterocycles. The topological polar surface area (TPSA) is 32.3 Å². The van der Waals surface area contributed by atoms with Crippen LogP contribution in [0.2, 0.25) is 0 Å². The van der Waals surface area contributed by atoms with E-state index < -0.39 is 0 Å². The Morgan fingerprint density at radius 3 is 2.56 bits per heavy atom. The van der Waals surface area contributed by atoms with Crippen molar-refractivity contribution in [2.24, 2.45) is 0 Å². The molecule has 3 heteroatoms. The second kappa shape index (κ2) is 6.28. The van der Waals surface area contributed by atoms with Gasteiger partial charge in [0.15, 0.2) is 0 Å². The molecule has 1 aromatic rings. The predicted molar refractivity (Wildman–Crippen MR) is 66.3 cm³/mol. The zero-order valence-corrected chi connectivity index (χ0v) is 10.2. The largest absolute Gasteiger partial charge is 0.344 e. The molecule has 0 aliphatic heterocycles. The first kappa shape index (κ1) is 12.7. The van der Waals surface area contributed by atoms with Crippen molar-refractivity contribution in [1.82, 2.24) is 10.2 Å². The molecule has 1 amide bonds. The first-order valence-corrected chi connectivity index (χ1v) is 5.61. The number of nitrogens with zero attached hydrogens (tertiary/aromatic N) is 1. The van der Waals surface area contributed by atoms with Crippen LogP contribution in [-0.2, 0) is 11.2 Å². The van der Waals surface area contributed by atoms with Crippen molar-refractivity contribution in [3.63, 3.8) is 0 Å². The van der Waals surface area contributed by atoms with E-state index in [0.717, 1.165) is 13.0 Å². The smallest absolute Gasteiger partial charge is 0.239 e. The van der Waals surface area contributed by atoms with Gasteiger partial charge >= 0.3 is 0 Å². The Balaban J connectivity index is 2.41. The number of hydrogen-bond donors (Lipinski definition) is 1. The van der Waals surface area contributed by atoms with Gasteiger partial charge in [-0.2, -0.15) is 0 Å². The lowest BCUT2D eigenvalue weighted by Gasteiger charge is -2.21. The highest BCUT2D eigenvalue weighted by molar-refractivity contribution is 5.81. The van der Waals surface area contributed by atoms with Crippen molar-refractivity contribution < 1.29 is 4.79 Å². The molecule has 1 aromatic carbocycles. The van der Waals surface area contributed by atoms with E-state index >= 15 is 0 Å². The van der Waals surface area contributed by atoms with Gasteiger partial charge in [-0.1, -0.05) is 30.3 Å². The van der Waals surface area contributed by atoms with Crippen LogP contribution in [0.4, 0.5) is 0 Å². The van der Waals surface area contributed by atoms with Gasteiger partial charge in [-0.3, -0.25) is 4.79 Å². The van der Waals surface area contributed by atoms with Crippen LogP contribution in [0, 0.1) is 0 Å². The van der Waals surface area contributed by atoms with Crippen LogP contribution in [0.3, 0.4) is 0 Å². The van der Waals surface area contributed by atoms with Crippen LogP contribution in [0.15, 0.2) is 30.3 Å². The highest BCUT2D eigenvalue weighted by atomic mass is 16.2. The monoisotopic (exact) mass is 220 g/mol. The number of benzene rings is 1. The van der Waals surface area contributed by atoms with Gasteiger partial charge < -0.3 is 10.2 Å². The van der Waals surface area contributed by atoms with Gasteiger partial charge in [0, 0.05) is 13.6 Å². The SMILES string of the molecule is CNC(C)C(=O)N(C)CCc1ccccc1. The summed E-state index contributed by atoms with van der Waals surface area (Å²) in [4.78, 5) is 13.5. The summed E-state index contributed by atoms with van der Waals surface area (Å²) < 4.78 is 0. The van der Waals surface area contributed by atoms with E-state index in [1.807, 2.05) is 32.2 Å². The number of rotatable bonds is 5. The molecular weight excluding hydrogens is 200 g/mol. The lowest BCUT2D eigenvalue weighted by atomic mass is 10.1. The Hall–Kier alpha value is -1.35. The maximum Gasteiger partial charge on any atom is 0.239 e. The second-order valence-electron chi connectivity index (χ2n) is 4.01. The minimum atomic E-state index is -0.110. The van der Waals surface area contributed by atoms with Crippen molar-refractivity contribution in [3.05, 3.63) is 35.9 Å². The van der Waals surface area contributed by atoms with Gasteiger partial charge in [-0.15, -0.1) is 0 Å². The summed E-state index contributed by atoms with van der Waals surface area (Å²) in [7, 11) is 3.65. The fourth-order valence-electron chi connectivity index (χ4n) is 1.51. The minimum absolute atomic E-state index is 0.110. The maximum atomic E-state index is 11.8. The molecule has 0 radical (unpaired) electrons. The van der Waals surface area contributed by atoms with E-state index in [-0.39, 0.29) is 11.9 Å². The van der Waals surface area contributed by atoms with Gasteiger partial charge in [-0.25, -0.2) is 0 Å². The average Bonchev–Trinajstić information content (AvgIpc) is 2.35. The summed E-state index contributed by atoms with van der Waals surface area (Å²) in [6.07, 6.45) is 0.902. The number of carbonyl (C=O) groups excluding carboxylic acids is 1. The number of nitrogens with one attached hydrogen (secondary N) is 1. The first-order valence-electron chi connectivity index (χ1n) is 5.61. The third-order valence-corrected chi connectivity index (χ3v) is 2.76. The Labute approximate surface area is 97.5 Å². The van der Waals surface area contributed by atoms with Gasteiger partial charge in [0.1, 0.15) is 0 Å². The van der Waals surface area contributed by atoms with E-state index in [4.69, 9.17) is 0 Å². The average molecular weight is 220 g/mol. The minimum Gasteiger partial charge on any atom is -0.344 e. The zero-order chi connectivity index (χ0) is 12.0. The number of amides is 1. The van der Waals surface area contributed by atoms with Crippen LogP contribution in [-0.4, -0.2) is 37.5 Å². The Morgan fingerprint density at radius 2 is 2.00 bits per heavy atom. The molecule has 0 heterocycles. The fourth-order valence-corrected chi connectivity index (χ4v) is 1.51. The van der Waals surface area contributed by atoms with E-state index in [1.54, 1.807) is 11.9 Å². The molecule has 1 rings (SSSR count). The van der Waals surface area contributed by atoms with E-state index in [2.05, 4.69) is 17.4 Å². The lowest BCUT2D eigenvalue weighted by Crippen LogP contribution is -2.42. The van der Waals surface area contributed by atoms with Crippen LogP contribution in [0.5, 0.6) is 0 Å². The molecule has 0 saturated carbocycles. The first-order chi connectivity index (χ1) is 7.65. The molecule has 3 nitrogen and oxygen atoms in total. The molecule has 0 aliphatic carbocycles. The van der Waals surface area contributed by atoms with Crippen molar-refractivity contribution >= 4 is 5.91 Å². The van der Waals surface area contributed by atoms with E-state index in [0.29, 0.717) is 0 Å². The molecule has 0 bridgehead atoms. The summed E-state index contributed by atoms with van der Waals surface area (Å²) >= 11 is 0. The van der Waals surface area contributed by atoms with Gasteiger partial charge in [0.2, 0.25) is 5.91 Å². The Bertz CT molecular complexity index is 324. The van der Waals surface area contributed by atoms with E-state index in [1.165, 1.54) is 5.56 Å². The molecule has 0 fully saturated rings. The van der Waals surface area contributed by atoms with Gasteiger partial charge in [0.05, 0.1) is 6.04 Å². The number of hydrogen-bond acceptors (Lipinski definition) is 2. The maximum absolute atomic E-state index is 11.8. The molecule has 0 aliphatic rings. The van der Waals surface area contributed by atoms with Crippen molar-refractivity contribution in [2.45, 2.75) is 19.4 Å². The van der Waals surface area contributed by atoms with Crippen LogP contribution in [0.1, 0.15) is 12.5 Å². The van der Waals surface area contributed by atoms with Gasteiger partial charge in [-0.05, 0) is 26.0 Å². The highest BCUT2D eigenvalue weighted by Gasteiger charge is 2.14.